The Morgan fingerprint density at radius 3 is 2.72 bits per heavy atom. The number of piperidine rings is 1. The molecule has 2 N–H and O–H groups in total. The smallest absolute Gasteiger partial charge is 0.317 e. The van der Waals surface area contributed by atoms with Crippen LogP contribution in [0.5, 0.6) is 0 Å². The standard InChI is InChI=1S/C14H29N3O/c1-4-7-9-16-14(18)17-10-8-13(15-6-3)12(5-2)11-17/h12-13,15H,4-11H2,1-3H3,(H,16,18). The van der Waals surface area contributed by atoms with Crippen LogP contribution in [-0.4, -0.2) is 43.2 Å². The van der Waals surface area contributed by atoms with E-state index >= 15 is 0 Å². The fraction of sp³-hybridized carbons (Fsp3) is 0.929. The van der Waals surface area contributed by atoms with E-state index < -0.39 is 0 Å². The number of carbonyl (C=O) groups excluding carboxylic acids is 1. The maximum atomic E-state index is 12.0. The van der Waals surface area contributed by atoms with E-state index in [1.165, 1.54) is 0 Å². The maximum absolute atomic E-state index is 12.0. The number of urea groups is 1. The van der Waals surface area contributed by atoms with Crippen molar-refractivity contribution in [2.45, 2.75) is 52.5 Å². The Hall–Kier alpha value is -0.770. The van der Waals surface area contributed by atoms with Crippen molar-refractivity contribution in [1.82, 2.24) is 15.5 Å². The summed E-state index contributed by atoms with van der Waals surface area (Å²) in [6.07, 6.45) is 4.40. The van der Waals surface area contributed by atoms with E-state index in [0.717, 1.165) is 51.9 Å². The molecule has 1 aliphatic rings. The first-order valence-corrected chi connectivity index (χ1v) is 7.49. The molecular formula is C14H29N3O. The van der Waals surface area contributed by atoms with Gasteiger partial charge in [-0.1, -0.05) is 33.6 Å². The lowest BCUT2D eigenvalue weighted by atomic mass is 9.90. The number of amides is 2. The number of carbonyl (C=O) groups is 1. The first kappa shape index (κ1) is 15.3. The van der Waals surface area contributed by atoms with Crippen LogP contribution < -0.4 is 10.6 Å². The van der Waals surface area contributed by atoms with Crippen molar-refractivity contribution in [1.29, 1.82) is 0 Å². The van der Waals surface area contributed by atoms with Gasteiger partial charge >= 0.3 is 6.03 Å². The summed E-state index contributed by atoms with van der Waals surface area (Å²) in [4.78, 5) is 14.0. The van der Waals surface area contributed by atoms with Crippen LogP contribution in [0.3, 0.4) is 0 Å². The Morgan fingerprint density at radius 2 is 2.11 bits per heavy atom. The van der Waals surface area contributed by atoms with Crippen molar-refractivity contribution < 1.29 is 4.79 Å². The number of nitrogens with one attached hydrogen (secondary N) is 2. The lowest BCUT2D eigenvalue weighted by Gasteiger charge is -2.38. The van der Waals surface area contributed by atoms with Gasteiger partial charge in [0.25, 0.3) is 0 Å². The van der Waals surface area contributed by atoms with Crippen LogP contribution in [0.1, 0.15) is 46.5 Å². The molecule has 0 aliphatic carbocycles. The SMILES string of the molecule is CCCCNC(=O)N1CCC(NCC)C(CC)C1. The number of likely N-dealkylation sites (tertiary alicyclic amines) is 1. The molecule has 1 saturated heterocycles. The zero-order valence-electron chi connectivity index (χ0n) is 12.2. The largest absolute Gasteiger partial charge is 0.338 e. The minimum Gasteiger partial charge on any atom is -0.338 e. The summed E-state index contributed by atoms with van der Waals surface area (Å²) in [6.45, 7) is 10.1. The van der Waals surface area contributed by atoms with Crippen molar-refractivity contribution in [2.75, 3.05) is 26.2 Å². The summed E-state index contributed by atoms with van der Waals surface area (Å²) < 4.78 is 0. The number of rotatable bonds is 6. The summed E-state index contributed by atoms with van der Waals surface area (Å²) in [5, 5.41) is 6.55. The topological polar surface area (TPSA) is 44.4 Å². The zero-order chi connectivity index (χ0) is 13.4. The predicted molar refractivity (Wildman–Crippen MR) is 75.7 cm³/mol. The highest BCUT2D eigenvalue weighted by molar-refractivity contribution is 5.74. The average Bonchev–Trinajstić information content (AvgIpc) is 2.39. The molecule has 4 heteroatoms. The fourth-order valence-corrected chi connectivity index (χ4v) is 2.65. The van der Waals surface area contributed by atoms with Crippen LogP contribution >= 0.6 is 0 Å². The van der Waals surface area contributed by atoms with Gasteiger partial charge in [-0.15, -0.1) is 0 Å². The molecule has 18 heavy (non-hydrogen) atoms. The van der Waals surface area contributed by atoms with E-state index in [4.69, 9.17) is 0 Å². The van der Waals surface area contributed by atoms with E-state index in [1.807, 2.05) is 4.90 Å². The minimum absolute atomic E-state index is 0.122. The summed E-state index contributed by atoms with van der Waals surface area (Å²) in [5.41, 5.74) is 0. The average molecular weight is 255 g/mol. The number of nitrogens with zero attached hydrogens (tertiary/aromatic N) is 1. The molecule has 1 heterocycles. The Kier molecular flexibility index (Phi) is 7.09. The molecule has 2 unspecified atom stereocenters. The van der Waals surface area contributed by atoms with Crippen LogP contribution in [0.15, 0.2) is 0 Å². The predicted octanol–water partition coefficient (Wildman–Crippen LogP) is 2.21. The van der Waals surface area contributed by atoms with Crippen LogP contribution in [0.25, 0.3) is 0 Å². The molecule has 1 aliphatic heterocycles. The van der Waals surface area contributed by atoms with E-state index in [2.05, 4.69) is 31.4 Å². The van der Waals surface area contributed by atoms with Gasteiger partial charge in [-0.2, -0.15) is 0 Å². The lowest BCUT2D eigenvalue weighted by molar-refractivity contribution is 0.142. The van der Waals surface area contributed by atoms with Crippen LogP contribution in [0.4, 0.5) is 4.79 Å². The van der Waals surface area contributed by atoms with Gasteiger partial charge in [-0.05, 0) is 25.3 Å². The van der Waals surface area contributed by atoms with Crippen molar-refractivity contribution >= 4 is 6.03 Å². The highest BCUT2D eigenvalue weighted by Gasteiger charge is 2.29. The lowest BCUT2D eigenvalue weighted by Crippen LogP contribution is -2.53. The fourth-order valence-electron chi connectivity index (χ4n) is 2.65. The molecule has 0 aromatic carbocycles. The quantitative estimate of drug-likeness (QED) is 0.715. The van der Waals surface area contributed by atoms with Gasteiger partial charge in [0.1, 0.15) is 0 Å². The van der Waals surface area contributed by atoms with Gasteiger partial charge in [0.15, 0.2) is 0 Å². The minimum atomic E-state index is 0.122. The van der Waals surface area contributed by atoms with Crippen molar-refractivity contribution in [3.8, 4) is 0 Å². The molecule has 0 bridgehead atoms. The van der Waals surface area contributed by atoms with Crippen LogP contribution in [0.2, 0.25) is 0 Å². The third-order valence-corrected chi connectivity index (χ3v) is 3.82. The molecule has 4 nitrogen and oxygen atoms in total. The first-order chi connectivity index (χ1) is 8.72. The number of hydrogen-bond acceptors (Lipinski definition) is 2. The molecule has 0 radical (unpaired) electrons. The highest BCUT2D eigenvalue weighted by Crippen LogP contribution is 2.20. The van der Waals surface area contributed by atoms with Crippen LogP contribution in [-0.2, 0) is 0 Å². The normalized spacial score (nSPS) is 24.1. The Labute approximate surface area is 111 Å². The Bertz CT molecular complexity index is 245. The summed E-state index contributed by atoms with van der Waals surface area (Å²) >= 11 is 0. The number of hydrogen-bond donors (Lipinski definition) is 2. The third-order valence-electron chi connectivity index (χ3n) is 3.82. The van der Waals surface area contributed by atoms with E-state index in [-0.39, 0.29) is 6.03 Å². The molecule has 1 rings (SSSR count). The van der Waals surface area contributed by atoms with Crippen molar-refractivity contribution in [3.63, 3.8) is 0 Å². The molecule has 106 valence electrons. The third kappa shape index (κ3) is 4.48. The van der Waals surface area contributed by atoms with Gasteiger partial charge in [0, 0.05) is 25.7 Å². The van der Waals surface area contributed by atoms with Crippen LogP contribution in [0, 0.1) is 5.92 Å². The molecule has 0 aromatic rings. The molecule has 2 atom stereocenters. The molecular weight excluding hydrogens is 226 g/mol. The Balaban J connectivity index is 2.38. The van der Waals surface area contributed by atoms with E-state index in [1.54, 1.807) is 0 Å². The first-order valence-electron chi connectivity index (χ1n) is 7.49. The van der Waals surface area contributed by atoms with Gasteiger partial charge in [0.05, 0.1) is 0 Å². The van der Waals surface area contributed by atoms with Crippen molar-refractivity contribution in [2.24, 2.45) is 5.92 Å². The van der Waals surface area contributed by atoms with Gasteiger partial charge in [0.2, 0.25) is 0 Å². The molecule has 0 saturated carbocycles. The maximum Gasteiger partial charge on any atom is 0.317 e. The van der Waals surface area contributed by atoms with Gasteiger partial charge in [-0.3, -0.25) is 0 Å². The zero-order valence-corrected chi connectivity index (χ0v) is 12.2. The molecule has 0 spiro atoms. The van der Waals surface area contributed by atoms with E-state index in [0.29, 0.717) is 12.0 Å². The summed E-state index contributed by atoms with van der Waals surface area (Å²) in [7, 11) is 0. The molecule has 2 amide bonds. The van der Waals surface area contributed by atoms with Crippen molar-refractivity contribution in [3.05, 3.63) is 0 Å². The second-order valence-electron chi connectivity index (χ2n) is 5.15. The second-order valence-corrected chi connectivity index (χ2v) is 5.15. The van der Waals surface area contributed by atoms with Gasteiger partial charge < -0.3 is 15.5 Å². The molecule has 0 aromatic heterocycles. The monoisotopic (exact) mass is 255 g/mol. The Morgan fingerprint density at radius 1 is 1.33 bits per heavy atom. The van der Waals surface area contributed by atoms with E-state index in [9.17, 15) is 4.79 Å². The summed E-state index contributed by atoms with van der Waals surface area (Å²) in [6, 6.07) is 0.705. The number of unbranched alkanes of at least 4 members (excludes halogenated alkanes) is 1. The summed E-state index contributed by atoms with van der Waals surface area (Å²) in [5.74, 6) is 0.593. The second kappa shape index (κ2) is 8.35. The van der Waals surface area contributed by atoms with Gasteiger partial charge in [-0.25, -0.2) is 4.79 Å². The molecule has 1 fully saturated rings. The highest BCUT2D eigenvalue weighted by atomic mass is 16.2.